The monoisotopic (exact) mass is 304 g/mol. The van der Waals surface area contributed by atoms with Gasteiger partial charge in [0.1, 0.15) is 5.82 Å². The van der Waals surface area contributed by atoms with Gasteiger partial charge in [0.05, 0.1) is 26.0 Å². The van der Waals surface area contributed by atoms with Crippen molar-refractivity contribution in [2.45, 2.75) is 6.42 Å². The maximum Gasteiger partial charge on any atom is 0.225 e. The van der Waals surface area contributed by atoms with E-state index in [4.69, 9.17) is 15.2 Å². The third-order valence-corrected chi connectivity index (χ3v) is 3.44. The molecule has 2 N–H and O–H groups in total. The van der Waals surface area contributed by atoms with Gasteiger partial charge in [0, 0.05) is 38.8 Å². The van der Waals surface area contributed by atoms with Gasteiger partial charge in [-0.2, -0.15) is 15.1 Å². The summed E-state index contributed by atoms with van der Waals surface area (Å²) in [6, 6.07) is 1.82. The van der Waals surface area contributed by atoms with Crippen LogP contribution in [0, 0.1) is 0 Å². The molecule has 0 saturated carbocycles. The van der Waals surface area contributed by atoms with Crippen LogP contribution in [0.4, 0.5) is 11.8 Å². The lowest BCUT2D eigenvalue weighted by Crippen LogP contribution is -2.36. The van der Waals surface area contributed by atoms with E-state index in [1.54, 1.807) is 4.68 Å². The first-order valence-electron chi connectivity index (χ1n) is 7.28. The fourth-order valence-corrected chi connectivity index (χ4v) is 2.33. The first-order valence-corrected chi connectivity index (χ1v) is 7.28. The highest BCUT2D eigenvalue weighted by molar-refractivity contribution is 5.45. The van der Waals surface area contributed by atoms with Gasteiger partial charge in [-0.3, -0.25) is 4.68 Å². The maximum absolute atomic E-state index is 5.78. The quantitative estimate of drug-likeness (QED) is 0.846. The number of nitrogen functional groups attached to an aromatic ring is 1. The molecule has 3 heterocycles. The predicted molar refractivity (Wildman–Crippen MR) is 81.9 cm³/mol. The van der Waals surface area contributed by atoms with E-state index in [1.165, 1.54) is 0 Å². The van der Waals surface area contributed by atoms with Crippen LogP contribution in [-0.2, 0) is 18.2 Å². The molecule has 1 fully saturated rings. The second kappa shape index (κ2) is 6.61. The Bertz CT molecular complexity index is 624. The van der Waals surface area contributed by atoms with Crippen molar-refractivity contribution in [3.8, 4) is 5.88 Å². The Balaban J connectivity index is 1.61. The Hall–Kier alpha value is -2.35. The van der Waals surface area contributed by atoms with Crippen LogP contribution in [0.2, 0.25) is 0 Å². The molecule has 0 aliphatic carbocycles. The highest BCUT2D eigenvalue weighted by Gasteiger charge is 2.14. The Kier molecular flexibility index (Phi) is 4.38. The molecule has 0 spiro atoms. The molecular formula is C14H20N6O2. The van der Waals surface area contributed by atoms with Gasteiger partial charge in [-0.25, -0.2) is 0 Å². The number of aryl methyl sites for hydroxylation is 1. The summed E-state index contributed by atoms with van der Waals surface area (Å²) < 4.78 is 12.8. The first-order chi connectivity index (χ1) is 10.7. The van der Waals surface area contributed by atoms with Crippen molar-refractivity contribution < 1.29 is 9.47 Å². The molecule has 1 saturated heterocycles. The van der Waals surface area contributed by atoms with Crippen LogP contribution in [0.3, 0.4) is 0 Å². The highest BCUT2D eigenvalue weighted by Crippen LogP contribution is 2.19. The summed E-state index contributed by atoms with van der Waals surface area (Å²) in [5.74, 6) is 1.51. The number of ether oxygens (including phenoxy) is 2. The summed E-state index contributed by atoms with van der Waals surface area (Å²) in [7, 11) is 1.89. The Labute approximate surface area is 128 Å². The Morgan fingerprint density at radius 1 is 1.32 bits per heavy atom. The number of morpholine rings is 1. The molecule has 2 aromatic heterocycles. The summed E-state index contributed by atoms with van der Waals surface area (Å²) in [5.41, 5.74) is 6.90. The van der Waals surface area contributed by atoms with E-state index < -0.39 is 0 Å². The maximum atomic E-state index is 5.78. The highest BCUT2D eigenvalue weighted by atomic mass is 16.5. The molecule has 22 heavy (non-hydrogen) atoms. The molecule has 8 nitrogen and oxygen atoms in total. The van der Waals surface area contributed by atoms with E-state index in [2.05, 4.69) is 20.0 Å². The number of hydrogen-bond donors (Lipinski definition) is 1. The van der Waals surface area contributed by atoms with Gasteiger partial charge in [-0.05, 0) is 5.56 Å². The number of rotatable bonds is 5. The molecular weight excluding hydrogens is 284 g/mol. The van der Waals surface area contributed by atoms with Crippen molar-refractivity contribution in [1.29, 1.82) is 0 Å². The zero-order chi connectivity index (χ0) is 15.4. The average molecular weight is 304 g/mol. The van der Waals surface area contributed by atoms with Gasteiger partial charge in [0.15, 0.2) is 0 Å². The molecule has 0 amide bonds. The van der Waals surface area contributed by atoms with Crippen LogP contribution in [0.1, 0.15) is 5.56 Å². The van der Waals surface area contributed by atoms with Gasteiger partial charge in [-0.15, -0.1) is 0 Å². The van der Waals surface area contributed by atoms with Crippen LogP contribution in [-0.4, -0.2) is 52.7 Å². The molecule has 8 heteroatoms. The van der Waals surface area contributed by atoms with Gasteiger partial charge in [0.25, 0.3) is 0 Å². The van der Waals surface area contributed by atoms with E-state index in [0.29, 0.717) is 25.7 Å². The van der Waals surface area contributed by atoms with Crippen LogP contribution in [0.15, 0.2) is 18.5 Å². The topological polar surface area (TPSA) is 91.3 Å². The number of nitrogens with zero attached hydrogens (tertiary/aromatic N) is 5. The minimum atomic E-state index is 0.223. The summed E-state index contributed by atoms with van der Waals surface area (Å²) >= 11 is 0. The van der Waals surface area contributed by atoms with Crippen molar-refractivity contribution in [3.05, 3.63) is 24.0 Å². The normalized spacial score (nSPS) is 15.0. The molecule has 0 unspecified atom stereocenters. The van der Waals surface area contributed by atoms with Gasteiger partial charge < -0.3 is 20.1 Å². The zero-order valence-corrected chi connectivity index (χ0v) is 12.6. The Morgan fingerprint density at radius 2 is 2.14 bits per heavy atom. The third kappa shape index (κ3) is 3.64. The molecule has 3 rings (SSSR count). The van der Waals surface area contributed by atoms with Crippen molar-refractivity contribution in [2.75, 3.05) is 43.5 Å². The van der Waals surface area contributed by atoms with Gasteiger partial charge in [-0.1, -0.05) is 0 Å². The van der Waals surface area contributed by atoms with E-state index in [1.807, 2.05) is 25.5 Å². The average Bonchev–Trinajstić information content (AvgIpc) is 2.93. The van der Waals surface area contributed by atoms with E-state index in [9.17, 15) is 0 Å². The lowest BCUT2D eigenvalue weighted by Gasteiger charge is -2.27. The van der Waals surface area contributed by atoms with Crippen molar-refractivity contribution in [1.82, 2.24) is 19.7 Å². The molecule has 0 aromatic carbocycles. The van der Waals surface area contributed by atoms with Gasteiger partial charge in [0.2, 0.25) is 11.8 Å². The van der Waals surface area contributed by atoms with E-state index in [0.717, 1.165) is 30.9 Å². The van der Waals surface area contributed by atoms with E-state index in [-0.39, 0.29) is 5.95 Å². The molecule has 0 radical (unpaired) electrons. The predicted octanol–water partition coefficient (Wildman–Crippen LogP) is 0.250. The zero-order valence-electron chi connectivity index (χ0n) is 12.6. The standard InChI is InChI=1S/C14H20N6O2/c1-19-10-11(9-16-19)2-5-22-13-8-12(17-14(15)18-13)20-3-6-21-7-4-20/h8-10H,2-7H2,1H3,(H2,15,17,18). The summed E-state index contributed by atoms with van der Waals surface area (Å²) in [4.78, 5) is 10.5. The summed E-state index contributed by atoms with van der Waals surface area (Å²) in [6.07, 6.45) is 4.57. The number of hydrogen-bond acceptors (Lipinski definition) is 7. The van der Waals surface area contributed by atoms with Crippen molar-refractivity contribution in [3.63, 3.8) is 0 Å². The fraction of sp³-hybridized carbons (Fsp3) is 0.500. The van der Waals surface area contributed by atoms with Crippen LogP contribution >= 0.6 is 0 Å². The Morgan fingerprint density at radius 3 is 2.86 bits per heavy atom. The number of aromatic nitrogens is 4. The smallest absolute Gasteiger partial charge is 0.225 e. The van der Waals surface area contributed by atoms with Crippen LogP contribution < -0.4 is 15.4 Å². The summed E-state index contributed by atoms with van der Waals surface area (Å²) in [6.45, 7) is 3.50. The minimum absolute atomic E-state index is 0.223. The third-order valence-electron chi connectivity index (χ3n) is 3.44. The minimum Gasteiger partial charge on any atom is -0.477 e. The molecule has 1 aliphatic heterocycles. The van der Waals surface area contributed by atoms with Crippen molar-refractivity contribution in [2.24, 2.45) is 7.05 Å². The number of nitrogens with two attached hydrogens (primary N) is 1. The van der Waals surface area contributed by atoms with Crippen LogP contribution in [0.25, 0.3) is 0 Å². The second-order valence-corrected chi connectivity index (χ2v) is 5.14. The molecule has 1 aliphatic rings. The van der Waals surface area contributed by atoms with Crippen molar-refractivity contribution >= 4 is 11.8 Å². The molecule has 0 atom stereocenters. The van der Waals surface area contributed by atoms with Gasteiger partial charge >= 0.3 is 0 Å². The van der Waals surface area contributed by atoms with Crippen LogP contribution in [0.5, 0.6) is 5.88 Å². The molecule has 2 aromatic rings. The lowest BCUT2D eigenvalue weighted by molar-refractivity contribution is 0.122. The fourth-order valence-electron chi connectivity index (χ4n) is 2.33. The molecule has 118 valence electrons. The SMILES string of the molecule is Cn1cc(CCOc2cc(N3CCOCC3)nc(N)n2)cn1. The first kappa shape index (κ1) is 14.6. The lowest BCUT2D eigenvalue weighted by atomic mass is 10.3. The summed E-state index contributed by atoms with van der Waals surface area (Å²) in [5, 5.41) is 4.13. The van der Waals surface area contributed by atoms with E-state index >= 15 is 0 Å². The molecule has 0 bridgehead atoms. The largest absolute Gasteiger partial charge is 0.477 e. The second-order valence-electron chi connectivity index (χ2n) is 5.14. The number of anilines is 2.